The Hall–Kier alpha value is -2.94. The second-order valence-corrected chi connectivity index (χ2v) is 5.86. The second kappa shape index (κ2) is 7.75. The van der Waals surface area contributed by atoms with Gasteiger partial charge in [0.1, 0.15) is 0 Å². The van der Waals surface area contributed by atoms with Crippen molar-refractivity contribution < 1.29 is 18.8 Å². The Labute approximate surface area is 147 Å². The summed E-state index contributed by atoms with van der Waals surface area (Å²) >= 11 is 1.36. The third-order valence-electron chi connectivity index (χ3n) is 3.35. The van der Waals surface area contributed by atoms with E-state index < -0.39 is 0 Å². The van der Waals surface area contributed by atoms with Crippen LogP contribution < -0.4 is 14.8 Å². The third kappa shape index (κ3) is 4.13. The van der Waals surface area contributed by atoms with Crippen LogP contribution in [0, 0.1) is 0 Å². The Morgan fingerprint density at radius 1 is 1.28 bits per heavy atom. The van der Waals surface area contributed by atoms with E-state index in [2.05, 4.69) is 20.4 Å². The molecule has 0 fully saturated rings. The van der Waals surface area contributed by atoms with Gasteiger partial charge in [0.05, 0.1) is 14.2 Å². The van der Waals surface area contributed by atoms with Crippen LogP contribution in [0.3, 0.4) is 0 Å². The highest BCUT2D eigenvalue weighted by atomic mass is 32.1. The van der Waals surface area contributed by atoms with Crippen LogP contribution in [0.4, 0.5) is 5.13 Å². The summed E-state index contributed by atoms with van der Waals surface area (Å²) in [5.41, 5.74) is 0.736. The second-order valence-electron chi connectivity index (χ2n) is 4.97. The summed E-state index contributed by atoms with van der Waals surface area (Å²) in [6.07, 6.45) is 2.21. The average molecular weight is 360 g/mol. The van der Waals surface area contributed by atoms with Crippen LogP contribution in [0.25, 0.3) is 11.4 Å². The van der Waals surface area contributed by atoms with Crippen LogP contribution in [0.1, 0.15) is 12.3 Å². The Kier molecular flexibility index (Phi) is 5.24. The number of ether oxygens (including phenoxy) is 2. The number of aromatic nitrogens is 3. The molecule has 0 bridgehead atoms. The van der Waals surface area contributed by atoms with Crippen molar-refractivity contribution in [2.75, 3.05) is 19.5 Å². The maximum Gasteiger partial charge on any atom is 0.227 e. The summed E-state index contributed by atoms with van der Waals surface area (Å²) in [6, 6.07) is 5.35. The number of hydrogen-bond donors (Lipinski definition) is 1. The van der Waals surface area contributed by atoms with E-state index >= 15 is 0 Å². The van der Waals surface area contributed by atoms with Crippen molar-refractivity contribution in [1.82, 2.24) is 15.1 Å². The fourth-order valence-electron chi connectivity index (χ4n) is 2.14. The number of methoxy groups -OCH3 is 2. The molecule has 0 aliphatic heterocycles. The van der Waals surface area contributed by atoms with Gasteiger partial charge in [-0.1, -0.05) is 5.16 Å². The fraction of sp³-hybridized carbons (Fsp3) is 0.250. The van der Waals surface area contributed by atoms with E-state index in [1.54, 1.807) is 37.9 Å². The molecule has 9 heteroatoms. The smallest absolute Gasteiger partial charge is 0.227 e. The molecule has 0 aliphatic carbocycles. The summed E-state index contributed by atoms with van der Waals surface area (Å²) in [5, 5.41) is 9.02. The van der Waals surface area contributed by atoms with Crippen molar-refractivity contribution in [3.8, 4) is 22.9 Å². The lowest BCUT2D eigenvalue weighted by molar-refractivity contribution is -0.116. The summed E-state index contributed by atoms with van der Waals surface area (Å²) in [5.74, 6) is 1.86. The molecule has 3 rings (SSSR count). The van der Waals surface area contributed by atoms with Crippen molar-refractivity contribution in [3.63, 3.8) is 0 Å². The van der Waals surface area contributed by atoms with Crippen LogP contribution >= 0.6 is 11.3 Å². The van der Waals surface area contributed by atoms with E-state index in [1.807, 2.05) is 6.07 Å². The van der Waals surface area contributed by atoms with Crippen molar-refractivity contribution in [3.05, 3.63) is 35.7 Å². The minimum atomic E-state index is -0.152. The van der Waals surface area contributed by atoms with Gasteiger partial charge in [-0.05, 0) is 18.2 Å². The monoisotopic (exact) mass is 360 g/mol. The molecule has 8 nitrogen and oxygen atoms in total. The highest BCUT2D eigenvalue weighted by Crippen LogP contribution is 2.31. The lowest BCUT2D eigenvalue weighted by Crippen LogP contribution is -2.12. The molecule has 0 unspecified atom stereocenters. The van der Waals surface area contributed by atoms with E-state index in [-0.39, 0.29) is 12.3 Å². The number of carbonyl (C=O) groups is 1. The number of carbonyl (C=O) groups excluding carboxylic acids is 1. The zero-order chi connectivity index (χ0) is 17.6. The van der Waals surface area contributed by atoms with E-state index in [9.17, 15) is 4.79 Å². The number of amides is 1. The van der Waals surface area contributed by atoms with Gasteiger partial charge in [0.15, 0.2) is 16.6 Å². The Balaban J connectivity index is 1.63. The zero-order valence-corrected chi connectivity index (χ0v) is 14.5. The highest BCUT2D eigenvalue weighted by Gasteiger charge is 2.13. The molecule has 0 saturated carbocycles. The van der Waals surface area contributed by atoms with Crippen molar-refractivity contribution >= 4 is 22.4 Å². The van der Waals surface area contributed by atoms with Crippen LogP contribution in [0.15, 0.2) is 34.3 Å². The van der Waals surface area contributed by atoms with E-state index in [0.717, 1.165) is 5.56 Å². The first kappa shape index (κ1) is 16.9. The van der Waals surface area contributed by atoms with Gasteiger partial charge < -0.3 is 19.3 Å². The summed E-state index contributed by atoms with van der Waals surface area (Å²) in [7, 11) is 3.13. The maximum absolute atomic E-state index is 11.8. The minimum absolute atomic E-state index is 0.152. The van der Waals surface area contributed by atoms with Crippen LogP contribution in [-0.2, 0) is 11.2 Å². The molecule has 2 heterocycles. The summed E-state index contributed by atoms with van der Waals surface area (Å²) < 4.78 is 15.7. The molecule has 130 valence electrons. The number of rotatable bonds is 7. The average Bonchev–Trinajstić information content (AvgIpc) is 3.31. The number of hydrogen-bond acceptors (Lipinski definition) is 8. The number of benzene rings is 1. The highest BCUT2D eigenvalue weighted by molar-refractivity contribution is 7.13. The first-order valence-corrected chi connectivity index (χ1v) is 8.32. The molecule has 0 aliphatic rings. The molecule has 1 N–H and O–H groups in total. The normalized spacial score (nSPS) is 10.5. The number of anilines is 1. The predicted molar refractivity (Wildman–Crippen MR) is 91.9 cm³/mol. The Bertz CT molecular complexity index is 848. The number of thiazole rings is 1. The molecule has 0 radical (unpaired) electrons. The van der Waals surface area contributed by atoms with E-state index in [1.165, 1.54) is 11.3 Å². The van der Waals surface area contributed by atoms with Gasteiger partial charge in [-0.2, -0.15) is 4.98 Å². The summed E-state index contributed by atoms with van der Waals surface area (Å²) in [6.45, 7) is 0. The molecule has 25 heavy (non-hydrogen) atoms. The van der Waals surface area contributed by atoms with Crippen LogP contribution in [-0.4, -0.2) is 35.3 Å². The van der Waals surface area contributed by atoms with Crippen LogP contribution in [0.2, 0.25) is 0 Å². The zero-order valence-electron chi connectivity index (χ0n) is 13.7. The lowest BCUT2D eigenvalue weighted by Gasteiger charge is -2.07. The Morgan fingerprint density at radius 3 is 2.84 bits per heavy atom. The molecule has 1 amide bonds. The van der Waals surface area contributed by atoms with Gasteiger partial charge in [0, 0.05) is 30.0 Å². The fourth-order valence-corrected chi connectivity index (χ4v) is 2.68. The maximum atomic E-state index is 11.8. The van der Waals surface area contributed by atoms with Crippen molar-refractivity contribution in [2.24, 2.45) is 0 Å². The number of nitrogens with zero attached hydrogens (tertiary/aromatic N) is 3. The molecule has 0 spiro atoms. The molecule has 0 saturated heterocycles. The SMILES string of the molecule is COc1ccc(-c2noc(CCC(=O)Nc3nccs3)n2)cc1OC. The van der Waals surface area contributed by atoms with Gasteiger partial charge in [-0.15, -0.1) is 11.3 Å². The van der Waals surface area contributed by atoms with Gasteiger partial charge >= 0.3 is 0 Å². The largest absolute Gasteiger partial charge is 0.493 e. The molecule has 3 aromatic rings. The first-order chi connectivity index (χ1) is 12.2. The van der Waals surface area contributed by atoms with Crippen molar-refractivity contribution in [1.29, 1.82) is 0 Å². The van der Waals surface area contributed by atoms with E-state index in [0.29, 0.717) is 34.8 Å². The molecular weight excluding hydrogens is 344 g/mol. The lowest BCUT2D eigenvalue weighted by atomic mass is 10.2. The van der Waals surface area contributed by atoms with E-state index in [4.69, 9.17) is 14.0 Å². The third-order valence-corrected chi connectivity index (χ3v) is 4.04. The Morgan fingerprint density at radius 2 is 2.12 bits per heavy atom. The van der Waals surface area contributed by atoms with Gasteiger partial charge in [0.2, 0.25) is 17.6 Å². The number of nitrogens with one attached hydrogen (secondary N) is 1. The van der Waals surface area contributed by atoms with Crippen molar-refractivity contribution in [2.45, 2.75) is 12.8 Å². The summed E-state index contributed by atoms with van der Waals surface area (Å²) in [4.78, 5) is 20.2. The quantitative estimate of drug-likeness (QED) is 0.691. The molecule has 0 atom stereocenters. The molecule has 2 aromatic heterocycles. The van der Waals surface area contributed by atoms with Gasteiger partial charge in [-0.25, -0.2) is 4.98 Å². The van der Waals surface area contributed by atoms with Gasteiger partial charge in [0.25, 0.3) is 0 Å². The minimum Gasteiger partial charge on any atom is -0.493 e. The van der Waals surface area contributed by atoms with Crippen LogP contribution in [0.5, 0.6) is 11.5 Å². The first-order valence-electron chi connectivity index (χ1n) is 7.44. The molecule has 1 aromatic carbocycles. The topological polar surface area (TPSA) is 99.4 Å². The molecular formula is C16H16N4O4S. The standard InChI is InChI=1S/C16H16N4O4S/c1-22-11-4-3-10(9-12(11)23-2)15-19-14(24-20-15)6-5-13(21)18-16-17-7-8-25-16/h3-4,7-9H,5-6H2,1-2H3,(H,17,18,21). The predicted octanol–water partition coefficient (Wildman–Crippen LogP) is 2.78. The number of aryl methyl sites for hydroxylation is 1. The van der Waals surface area contributed by atoms with Gasteiger partial charge in [-0.3, -0.25) is 4.79 Å².